The van der Waals surface area contributed by atoms with Gasteiger partial charge < -0.3 is 10.0 Å². The molecule has 2 rings (SSSR count). The number of hydrogen-bond acceptors (Lipinski definition) is 3. The first-order chi connectivity index (χ1) is 8.33. The Kier molecular flexibility index (Phi) is 3.73. The van der Waals surface area contributed by atoms with Crippen molar-refractivity contribution in [1.82, 2.24) is 9.88 Å². The largest absolute Gasteiger partial charge is 0.384 e. The Bertz CT molecular complexity index is 468. The first kappa shape index (κ1) is 11.6. The molecule has 0 bridgehead atoms. The van der Waals surface area contributed by atoms with Crippen LogP contribution in [0.4, 0.5) is 0 Å². The maximum atomic E-state index is 12.2. The van der Waals surface area contributed by atoms with Gasteiger partial charge >= 0.3 is 0 Å². The van der Waals surface area contributed by atoms with Crippen LogP contribution in [0.25, 0.3) is 0 Å². The first-order valence-electron chi connectivity index (χ1n) is 5.66. The molecule has 2 heterocycles. The Morgan fingerprint density at radius 3 is 2.94 bits per heavy atom. The summed E-state index contributed by atoms with van der Waals surface area (Å²) in [5.41, 5.74) is 1.15. The van der Waals surface area contributed by atoms with E-state index >= 15 is 0 Å². The zero-order valence-corrected chi connectivity index (χ0v) is 9.52. The van der Waals surface area contributed by atoms with Crippen molar-refractivity contribution in [2.75, 3.05) is 19.7 Å². The topological polar surface area (TPSA) is 53.4 Å². The molecule has 17 heavy (non-hydrogen) atoms. The van der Waals surface area contributed by atoms with Gasteiger partial charge in [-0.2, -0.15) is 0 Å². The molecule has 1 aliphatic heterocycles. The van der Waals surface area contributed by atoms with Crippen molar-refractivity contribution >= 4 is 5.91 Å². The molecule has 1 aliphatic rings. The summed E-state index contributed by atoms with van der Waals surface area (Å²) >= 11 is 0. The van der Waals surface area contributed by atoms with Crippen LogP contribution < -0.4 is 0 Å². The third-order valence-corrected chi connectivity index (χ3v) is 2.75. The third-order valence-electron chi connectivity index (χ3n) is 2.75. The van der Waals surface area contributed by atoms with Gasteiger partial charge in [0.15, 0.2) is 0 Å². The molecule has 0 atom stereocenters. The number of amides is 1. The van der Waals surface area contributed by atoms with E-state index in [4.69, 9.17) is 5.11 Å². The first-order valence-corrected chi connectivity index (χ1v) is 5.66. The van der Waals surface area contributed by atoms with Crippen LogP contribution in [0.5, 0.6) is 0 Å². The van der Waals surface area contributed by atoms with Gasteiger partial charge in [0.2, 0.25) is 0 Å². The van der Waals surface area contributed by atoms with Crippen molar-refractivity contribution in [3.05, 3.63) is 29.6 Å². The standard InChI is InChI=1S/C13H14N2O2/c16-9-3-4-11-10-14-6-5-12(11)13(17)15-7-1-2-8-15/h5-6,10,16H,1-2,7-9H2. The lowest BCUT2D eigenvalue weighted by Crippen LogP contribution is -2.28. The maximum Gasteiger partial charge on any atom is 0.255 e. The molecule has 0 radical (unpaired) electrons. The van der Waals surface area contributed by atoms with Gasteiger partial charge in [0.1, 0.15) is 6.61 Å². The van der Waals surface area contributed by atoms with Gasteiger partial charge in [-0.3, -0.25) is 9.78 Å². The summed E-state index contributed by atoms with van der Waals surface area (Å²) in [5.74, 6) is 5.31. The van der Waals surface area contributed by atoms with Gasteiger partial charge in [-0.25, -0.2) is 0 Å². The van der Waals surface area contributed by atoms with Crippen LogP contribution in [0, 0.1) is 11.8 Å². The fourth-order valence-electron chi connectivity index (χ4n) is 1.91. The average Bonchev–Trinajstić information content (AvgIpc) is 2.89. The molecular formula is C13H14N2O2. The SMILES string of the molecule is O=C(c1ccncc1C#CCO)N1CCCC1. The number of rotatable bonds is 1. The third kappa shape index (κ3) is 2.63. The minimum Gasteiger partial charge on any atom is -0.384 e. The van der Waals surface area contributed by atoms with Crippen molar-refractivity contribution in [2.45, 2.75) is 12.8 Å². The Morgan fingerprint density at radius 1 is 1.47 bits per heavy atom. The fourth-order valence-corrected chi connectivity index (χ4v) is 1.91. The highest BCUT2D eigenvalue weighted by Crippen LogP contribution is 2.14. The highest BCUT2D eigenvalue weighted by atomic mass is 16.2. The molecule has 1 aromatic rings. The van der Waals surface area contributed by atoms with E-state index in [9.17, 15) is 4.79 Å². The summed E-state index contributed by atoms with van der Waals surface area (Å²) in [6.45, 7) is 1.41. The molecule has 1 saturated heterocycles. The van der Waals surface area contributed by atoms with Crippen LogP contribution in [0.1, 0.15) is 28.8 Å². The smallest absolute Gasteiger partial charge is 0.255 e. The summed E-state index contributed by atoms with van der Waals surface area (Å²) in [6.07, 6.45) is 5.28. The van der Waals surface area contributed by atoms with Crippen LogP contribution in [0.3, 0.4) is 0 Å². The molecule has 1 N–H and O–H groups in total. The van der Waals surface area contributed by atoms with E-state index in [1.54, 1.807) is 18.5 Å². The normalized spacial score (nSPS) is 14.3. The van der Waals surface area contributed by atoms with E-state index in [2.05, 4.69) is 16.8 Å². The van der Waals surface area contributed by atoms with Gasteiger partial charge in [-0.05, 0) is 18.9 Å². The molecule has 0 spiro atoms. The molecule has 88 valence electrons. The minimum atomic E-state index is -0.216. The molecule has 0 aliphatic carbocycles. The minimum absolute atomic E-state index is 0.00661. The zero-order chi connectivity index (χ0) is 12.1. The monoisotopic (exact) mass is 230 g/mol. The number of nitrogens with zero attached hydrogens (tertiary/aromatic N) is 2. The van der Waals surface area contributed by atoms with Gasteiger partial charge in [0.25, 0.3) is 5.91 Å². The van der Waals surface area contributed by atoms with E-state index in [-0.39, 0.29) is 12.5 Å². The molecule has 0 unspecified atom stereocenters. The Hall–Kier alpha value is -1.86. The van der Waals surface area contributed by atoms with Crippen LogP contribution in [0.2, 0.25) is 0 Å². The summed E-state index contributed by atoms with van der Waals surface area (Å²) in [5, 5.41) is 8.68. The predicted octanol–water partition coefficient (Wildman–Crippen LogP) is 0.661. The highest BCUT2D eigenvalue weighted by molar-refractivity contribution is 5.96. The second-order valence-corrected chi connectivity index (χ2v) is 3.88. The highest BCUT2D eigenvalue weighted by Gasteiger charge is 2.21. The second-order valence-electron chi connectivity index (χ2n) is 3.88. The summed E-state index contributed by atoms with van der Waals surface area (Å²) < 4.78 is 0. The molecule has 1 aromatic heterocycles. The van der Waals surface area contributed by atoms with Crippen LogP contribution in [0.15, 0.2) is 18.5 Å². The number of aliphatic hydroxyl groups is 1. The number of likely N-dealkylation sites (tertiary alicyclic amines) is 1. The Balaban J connectivity index is 2.27. The van der Waals surface area contributed by atoms with E-state index in [0.717, 1.165) is 25.9 Å². The Morgan fingerprint density at radius 2 is 2.24 bits per heavy atom. The summed E-state index contributed by atoms with van der Waals surface area (Å²) in [4.78, 5) is 18.0. The lowest BCUT2D eigenvalue weighted by Gasteiger charge is -2.15. The molecule has 4 heteroatoms. The van der Waals surface area contributed by atoms with Crippen LogP contribution >= 0.6 is 0 Å². The zero-order valence-electron chi connectivity index (χ0n) is 9.52. The van der Waals surface area contributed by atoms with Crippen molar-refractivity contribution in [3.63, 3.8) is 0 Å². The van der Waals surface area contributed by atoms with Crippen molar-refractivity contribution in [2.24, 2.45) is 0 Å². The number of aliphatic hydroxyl groups excluding tert-OH is 1. The maximum absolute atomic E-state index is 12.2. The molecule has 1 fully saturated rings. The van der Waals surface area contributed by atoms with Crippen molar-refractivity contribution < 1.29 is 9.90 Å². The van der Waals surface area contributed by atoms with Gasteiger partial charge in [0, 0.05) is 25.5 Å². The number of carbonyl (C=O) groups excluding carboxylic acids is 1. The summed E-state index contributed by atoms with van der Waals surface area (Å²) in [6, 6.07) is 1.68. The predicted molar refractivity (Wildman–Crippen MR) is 63.3 cm³/mol. The molecule has 0 saturated carbocycles. The van der Waals surface area contributed by atoms with E-state index in [1.807, 2.05) is 4.90 Å². The number of hydrogen-bond donors (Lipinski definition) is 1. The number of carbonyl (C=O) groups is 1. The lowest BCUT2D eigenvalue weighted by atomic mass is 10.1. The van der Waals surface area contributed by atoms with Crippen molar-refractivity contribution in [3.8, 4) is 11.8 Å². The molecule has 4 nitrogen and oxygen atoms in total. The molecule has 1 amide bonds. The second kappa shape index (κ2) is 5.46. The lowest BCUT2D eigenvalue weighted by molar-refractivity contribution is 0.0792. The molecule has 0 aromatic carbocycles. The number of pyridine rings is 1. The van der Waals surface area contributed by atoms with E-state index in [1.165, 1.54) is 0 Å². The fraction of sp³-hybridized carbons (Fsp3) is 0.385. The van der Waals surface area contributed by atoms with E-state index in [0.29, 0.717) is 11.1 Å². The van der Waals surface area contributed by atoms with E-state index < -0.39 is 0 Å². The quantitative estimate of drug-likeness (QED) is 0.721. The average molecular weight is 230 g/mol. The summed E-state index contributed by atoms with van der Waals surface area (Å²) in [7, 11) is 0. The van der Waals surface area contributed by atoms with Gasteiger partial charge in [-0.15, -0.1) is 0 Å². The molecular weight excluding hydrogens is 216 g/mol. The number of aromatic nitrogens is 1. The van der Waals surface area contributed by atoms with Crippen LogP contribution in [-0.2, 0) is 0 Å². The van der Waals surface area contributed by atoms with Gasteiger partial charge in [0.05, 0.1) is 11.1 Å². The van der Waals surface area contributed by atoms with Crippen molar-refractivity contribution in [1.29, 1.82) is 0 Å². The Labute approximate surface area is 100 Å². The van der Waals surface area contributed by atoms with Crippen LogP contribution in [-0.4, -0.2) is 40.6 Å². The van der Waals surface area contributed by atoms with Gasteiger partial charge in [-0.1, -0.05) is 11.8 Å².